The second kappa shape index (κ2) is 6.92. The quantitative estimate of drug-likeness (QED) is 0.618. The minimum Gasteiger partial charge on any atom is -0.480 e. The van der Waals surface area contributed by atoms with E-state index in [4.69, 9.17) is 5.11 Å². The van der Waals surface area contributed by atoms with Crippen molar-refractivity contribution < 1.29 is 19.5 Å². The number of amides is 2. The van der Waals surface area contributed by atoms with Crippen molar-refractivity contribution in [1.82, 2.24) is 10.6 Å². The Hall–Kier alpha value is -1.85. The first-order valence-electron chi connectivity index (χ1n) is 6.04. The zero-order valence-electron chi connectivity index (χ0n) is 11.8. The van der Waals surface area contributed by atoms with Crippen LogP contribution in [0.25, 0.3) is 0 Å². The minimum atomic E-state index is -1.14. The maximum atomic E-state index is 11.8. The fourth-order valence-corrected chi connectivity index (χ4v) is 1.16. The maximum absolute atomic E-state index is 11.8. The predicted molar refractivity (Wildman–Crippen MR) is 71.4 cm³/mol. The van der Waals surface area contributed by atoms with Crippen LogP contribution in [0.3, 0.4) is 0 Å². The fraction of sp³-hybridized carbons (Fsp3) is 0.615. The van der Waals surface area contributed by atoms with Crippen LogP contribution in [0.5, 0.6) is 0 Å². The van der Waals surface area contributed by atoms with Crippen molar-refractivity contribution in [1.29, 1.82) is 0 Å². The number of hydrogen-bond acceptors (Lipinski definition) is 3. The predicted octanol–water partition coefficient (Wildman–Crippen LogP) is 0.683. The van der Waals surface area contributed by atoms with E-state index >= 15 is 0 Å². The molecule has 0 aromatic heterocycles. The molecule has 0 saturated heterocycles. The van der Waals surface area contributed by atoms with E-state index in [0.29, 0.717) is 0 Å². The van der Waals surface area contributed by atoms with Gasteiger partial charge in [-0.2, -0.15) is 0 Å². The molecule has 6 nitrogen and oxygen atoms in total. The zero-order valence-corrected chi connectivity index (χ0v) is 11.8. The smallest absolute Gasteiger partial charge is 0.326 e. The summed E-state index contributed by atoms with van der Waals surface area (Å²) in [6.45, 7) is 10.1. The van der Waals surface area contributed by atoms with E-state index in [-0.39, 0.29) is 12.3 Å². The van der Waals surface area contributed by atoms with Gasteiger partial charge in [-0.25, -0.2) is 4.79 Å². The Morgan fingerprint density at radius 3 is 2.16 bits per heavy atom. The van der Waals surface area contributed by atoms with Crippen LogP contribution in [-0.2, 0) is 14.4 Å². The fourth-order valence-electron chi connectivity index (χ4n) is 1.16. The molecule has 0 saturated carbocycles. The molecule has 0 fully saturated rings. The lowest BCUT2D eigenvalue weighted by Gasteiger charge is -2.22. The number of hydrogen-bond donors (Lipinski definition) is 3. The van der Waals surface area contributed by atoms with Gasteiger partial charge in [0.2, 0.25) is 11.8 Å². The van der Waals surface area contributed by atoms with Crippen LogP contribution in [0.4, 0.5) is 0 Å². The monoisotopic (exact) mass is 270 g/mol. The molecular weight excluding hydrogens is 248 g/mol. The molecule has 0 spiro atoms. The molecule has 2 amide bonds. The van der Waals surface area contributed by atoms with Crippen molar-refractivity contribution in [3.63, 3.8) is 0 Å². The Labute approximate surface area is 113 Å². The van der Waals surface area contributed by atoms with E-state index in [1.807, 2.05) is 0 Å². The summed E-state index contributed by atoms with van der Waals surface area (Å²) >= 11 is 0. The molecule has 2 atom stereocenters. The van der Waals surface area contributed by atoms with Gasteiger partial charge in [-0.15, -0.1) is 6.58 Å². The van der Waals surface area contributed by atoms with Gasteiger partial charge in [0.15, 0.2) is 0 Å². The molecule has 0 radical (unpaired) electrons. The number of aliphatic carboxylic acids is 1. The molecule has 0 heterocycles. The number of carboxylic acids is 1. The summed E-state index contributed by atoms with van der Waals surface area (Å²) in [6, 6.07) is -1.82. The summed E-state index contributed by atoms with van der Waals surface area (Å²) < 4.78 is 0. The molecule has 0 rings (SSSR count). The van der Waals surface area contributed by atoms with Gasteiger partial charge in [-0.05, 0) is 13.3 Å². The molecule has 19 heavy (non-hydrogen) atoms. The van der Waals surface area contributed by atoms with E-state index in [0.717, 1.165) is 0 Å². The molecular formula is C13H22N2O4. The van der Waals surface area contributed by atoms with Crippen molar-refractivity contribution in [3.8, 4) is 0 Å². The van der Waals surface area contributed by atoms with Crippen molar-refractivity contribution in [2.75, 3.05) is 0 Å². The number of carbonyl (C=O) groups excluding carboxylic acids is 2. The minimum absolute atomic E-state index is 0.126. The van der Waals surface area contributed by atoms with Gasteiger partial charge < -0.3 is 15.7 Å². The highest BCUT2D eigenvalue weighted by atomic mass is 16.4. The van der Waals surface area contributed by atoms with Gasteiger partial charge in [-0.1, -0.05) is 26.8 Å². The molecule has 0 aliphatic heterocycles. The van der Waals surface area contributed by atoms with Crippen LogP contribution in [0.1, 0.15) is 34.1 Å². The Kier molecular flexibility index (Phi) is 6.24. The maximum Gasteiger partial charge on any atom is 0.326 e. The third-order valence-electron chi connectivity index (χ3n) is 2.44. The van der Waals surface area contributed by atoms with Crippen LogP contribution in [0.2, 0.25) is 0 Å². The Morgan fingerprint density at radius 1 is 1.26 bits per heavy atom. The summed E-state index contributed by atoms with van der Waals surface area (Å²) in [6.07, 6.45) is 1.54. The average Bonchev–Trinajstić information content (AvgIpc) is 2.26. The molecule has 0 aliphatic rings. The highest BCUT2D eigenvalue weighted by molar-refractivity contribution is 5.91. The highest BCUT2D eigenvalue weighted by Gasteiger charge is 2.27. The lowest BCUT2D eigenvalue weighted by Crippen LogP contribution is -2.52. The van der Waals surface area contributed by atoms with Gasteiger partial charge in [0.1, 0.15) is 12.1 Å². The molecule has 0 bridgehead atoms. The van der Waals surface area contributed by atoms with Crippen molar-refractivity contribution in [2.45, 2.75) is 46.2 Å². The van der Waals surface area contributed by atoms with E-state index in [2.05, 4.69) is 17.2 Å². The molecule has 0 aromatic carbocycles. The van der Waals surface area contributed by atoms with Gasteiger partial charge in [0, 0.05) is 5.41 Å². The first-order chi connectivity index (χ1) is 8.59. The van der Waals surface area contributed by atoms with E-state index in [9.17, 15) is 14.4 Å². The van der Waals surface area contributed by atoms with Crippen molar-refractivity contribution in [2.24, 2.45) is 5.41 Å². The molecule has 0 aliphatic carbocycles. The lowest BCUT2D eigenvalue weighted by atomic mass is 9.95. The number of nitrogens with one attached hydrogen (secondary N) is 2. The topological polar surface area (TPSA) is 95.5 Å². The largest absolute Gasteiger partial charge is 0.480 e. The van der Waals surface area contributed by atoms with Crippen molar-refractivity contribution in [3.05, 3.63) is 12.7 Å². The highest BCUT2D eigenvalue weighted by Crippen LogP contribution is 2.12. The number of carbonyl (C=O) groups is 3. The van der Waals surface area contributed by atoms with Crippen LogP contribution in [-0.4, -0.2) is 35.0 Å². The summed E-state index contributed by atoms with van der Waals surface area (Å²) in [4.78, 5) is 34.4. The van der Waals surface area contributed by atoms with Crippen LogP contribution in [0.15, 0.2) is 12.7 Å². The third kappa shape index (κ3) is 6.03. The second-order valence-corrected chi connectivity index (χ2v) is 5.37. The summed E-state index contributed by atoms with van der Waals surface area (Å²) in [5.41, 5.74) is -0.609. The Balaban J connectivity index is 4.53. The Morgan fingerprint density at radius 2 is 1.79 bits per heavy atom. The first-order valence-corrected chi connectivity index (χ1v) is 6.04. The van der Waals surface area contributed by atoms with Crippen molar-refractivity contribution >= 4 is 17.8 Å². The van der Waals surface area contributed by atoms with Crippen LogP contribution in [0, 0.1) is 5.41 Å². The summed E-state index contributed by atoms with van der Waals surface area (Å²) in [7, 11) is 0. The standard InChI is InChI=1S/C13H22N2O4/c1-6-7-9(11(17)18)15-10(16)8(2)14-12(19)13(3,4)5/h6,8-9H,1,7H2,2-5H3,(H,14,19)(H,15,16)(H,17,18). The molecule has 3 N–H and O–H groups in total. The zero-order chi connectivity index (χ0) is 15.2. The SMILES string of the molecule is C=CCC(NC(=O)C(C)NC(=O)C(C)(C)C)C(=O)O. The first kappa shape index (κ1) is 17.2. The van der Waals surface area contributed by atoms with Gasteiger partial charge >= 0.3 is 5.97 Å². The average molecular weight is 270 g/mol. The number of rotatable bonds is 6. The molecule has 6 heteroatoms. The number of carboxylic acid groups (broad SMARTS) is 1. The summed E-state index contributed by atoms with van der Waals surface area (Å²) in [5, 5.41) is 13.8. The van der Waals surface area contributed by atoms with Crippen LogP contribution >= 0.6 is 0 Å². The molecule has 0 aromatic rings. The summed E-state index contributed by atoms with van der Waals surface area (Å²) in [5.74, 6) is -1.94. The molecule has 2 unspecified atom stereocenters. The van der Waals surface area contributed by atoms with Gasteiger partial charge in [0.25, 0.3) is 0 Å². The van der Waals surface area contributed by atoms with E-state index < -0.39 is 29.4 Å². The van der Waals surface area contributed by atoms with Gasteiger partial charge in [-0.3, -0.25) is 9.59 Å². The van der Waals surface area contributed by atoms with E-state index in [1.165, 1.54) is 13.0 Å². The molecule has 108 valence electrons. The lowest BCUT2D eigenvalue weighted by molar-refractivity contribution is -0.142. The van der Waals surface area contributed by atoms with Gasteiger partial charge in [0.05, 0.1) is 0 Å². The normalized spacial score (nSPS) is 14.1. The second-order valence-electron chi connectivity index (χ2n) is 5.37. The third-order valence-corrected chi connectivity index (χ3v) is 2.44. The van der Waals surface area contributed by atoms with E-state index in [1.54, 1.807) is 20.8 Å². The Bertz CT molecular complexity index is 371. The van der Waals surface area contributed by atoms with Crippen LogP contribution < -0.4 is 10.6 Å².